The number of rotatable bonds is 4. The summed E-state index contributed by atoms with van der Waals surface area (Å²) in [5.74, 6) is -0.153. The van der Waals surface area contributed by atoms with Gasteiger partial charge in [-0.25, -0.2) is 12.8 Å². The van der Waals surface area contributed by atoms with E-state index in [2.05, 4.69) is 10.3 Å². The van der Waals surface area contributed by atoms with Crippen LogP contribution in [-0.2, 0) is 15.4 Å². The lowest BCUT2D eigenvalue weighted by molar-refractivity contribution is 0.103. The van der Waals surface area contributed by atoms with E-state index < -0.39 is 27.1 Å². The smallest absolute Gasteiger partial charge is 0.265 e. The number of nitrogens with one attached hydrogen (secondary N) is 1. The molecule has 2 heterocycles. The third-order valence-corrected chi connectivity index (χ3v) is 7.87. The highest BCUT2D eigenvalue weighted by molar-refractivity contribution is 8.13. The van der Waals surface area contributed by atoms with Gasteiger partial charge in [0, 0.05) is 23.3 Å². The zero-order chi connectivity index (χ0) is 19.8. The van der Waals surface area contributed by atoms with Crippen molar-refractivity contribution < 1.29 is 17.6 Å². The van der Waals surface area contributed by atoms with Gasteiger partial charge in [-0.3, -0.25) is 9.79 Å². The third-order valence-electron chi connectivity index (χ3n) is 4.17. The number of carbonyl (C=O) groups excluding carboxylic acids is 1. The van der Waals surface area contributed by atoms with Crippen molar-refractivity contribution in [1.29, 1.82) is 0 Å². The number of carbonyl (C=O) groups is 1. The molecule has 0 spiro atoms. The van der Waals surface area contributed by atoms with Gasteiger partial charge >= 0.3 is 0 Å². The second kappa shape index (κ2) is 7.25. The maximum atomic E-state index is 14.4. The molecular weight excluding hydrogens is 409 g/mol. The molecule has 1 amide bonds. The number of hydrogen-bond acceptors (Lipinski definition) is 7. The van der Waals surface area contributed by atoms with E-state index in [0.717, 1.165) is 23.3 Å². The Morgan fingerprint density at radius 3 is 2.70 bits per heavy atom. The minimum atomic E-state index is -3.37. The number of amides is 1. The number of benzene rings is 1. The van der Waals surface area contributed by atoms with Crippen LogP contribution < -0.4 is 11.1 Å². The lowest BCUT2D eigenvalue weighted by atomic mass is 9.89. The molecule has 0 fully saturated rings. The Balaban J connectivity index is 1.87. The highest BCUT2D eigenvalue weighted by atomic mass is 32.2. The van der Waals surface area contributed by atoms with Crippen LogP contribution in [0.1, 0.15) is 28.6 Å². The van der Waals surface area contributed by atoms with Gasteiger partial charge in [-0.05, 0) is 43.7 Å². The molecule has 3 N–H and O–H groups in total. The Morgan fingerprint density at radius 1 is 1.33 bits per heavy atom. The molecule has 2 aromatic rings. The number of anilines is 1. The number of nitrogens with two attached hydrogens (primary N) is 1. The van der Waals surface area contributed by atoms with E-state index in [0.29, 0.717) is 22.8 Å². The molecular formula is C17H18FN3O3S3. The van der Waals surface area contributed by atoms with Gasteiger partial charge < -0.3 is 11.1 Å². The van der Waals surface area contributed by atoms with Crippen LogP contribution in [0.4, 0.5) is 10.1 Å². The molecule has 1 aromatic carbocycles. The number of halogens is 1. The molecule has 144 valence electrons. The Hall–Kier alpha value is -1.91. The first-order valence-corrected chi connectivity index (χ1v) is 11.7. The van der Waals surface area contributed by atoms with Gasteiger partial charge in [-0.15, -0.1) is 11.3 Å². The molecule has 1 aliphatic heterocycles. The van der Waals surface area contributed by atoms with Gasteiger partial charge in [-0.2, -0.15) is 0 Å². The Kier molecular flexibility index (Phi) is 5.33. The van der Waals surface area contributed by atoms with Crippen molar-refractivity contribution in [3.05, 3.63) is 46.6 Å². The molecule has 1 aromatic heterocycles. The zero-order valence-electron chi connectivity index (χ0n) is 14.7. The number of sulfone groups is 1. The van der Waals surface area contributed by atoms with E-state index in [1.165, 1.54) is 36.0 Å². The van der Waals surface area contributed by atoms with Gasteiger partial charge in [-0.1, -0.05) is 11.8 Å². The van der Waals surface area contributed by atoms with Crippen molar-refractivity contribution in [3.8, 4) is 0 Å². The summed E-state index contributed by atoms with van der Waals surface area (Å²) in [7, 11) is -3.37. The fourth-order valence-electron chi connectivity index (χ4n) is 2.73. The molecule has 1 aliphatic rings. The Labute approximate surface area is 165 Å². The van der Waals surface area contributed by atoms with Crippen molar-refractivity contribution in [2.45, 2.75) is 23.1 Å². The van der Waals surface area contributed by atoms with Crippen LogP contribution in [0.3, 0.4) is 0 Å². The van der Waals surface area contributed by atoms with Crippen molar-refractivity contribution in [3.63, 3.8) is 0 Å². The number of aliphatic imine (C=N–C) groups is 1. The minimum Gasteiger partial charge on any atom is -0.379 e. The number of thiophene rings is 1. The van der Waals surface area contributed by atoms with Gasteiger partial charge in [0.2, 0.25) is 0 Å². The molecule has 0 radical (unpaired) electrons. The summed E-state index contributed by atoms with van der Waals surface area (Å²) >= 11 is 2.31. The topological polar surface area (TPSA) is 102 Å². The van der Waals surface area contributed by atoms with Crippen LogP contribution >= 0.6 is 23.1 Å². The van der Waals surface area contributed by atoms with E-state index >= 15 is 0 Å². The van der Waals surface area contributed by atoms with Crippen LogP contribution in [-0.4, -0.2) is 31.5 Å². The second-order valence-corrected chi connectivity index (χ2v) is 10.8. The first-order chi connectivity index (χ1) is 12.6. The summed E-state index contributed by atoms with van der Waals surface area (Å²) in [6, 6.07) is 7.12. The fraction of sp³-hybridized carbons (Fsp3) is 0.294. The molecule has 0 unspecified atom stereocenters. The van der Waals surface area contributed by atoms with Crippen LogP contribution in [0.5, 0.6) is 0 Å². The summed E-state index contributed by atoms with van der Waals surface area (Å²) in [6.45, 7) is 1.81. The molecule has 0 bridgehead atoms. The first-order valence-electron chi connectivity index (χ1n) is 7.98. The monoisotopic (exact) mass is 427 g/mol. The van der Waals surface area contributed by atoms with Crippen LogP contribution in [0.25, 0.3) is 0 Å². The predicted octanol–water partition coefficient (Wildman–Crippen LogP) is 3.21. The highest BCUT2D eigenvalue weighted by Crippen LogP contribution is 2.37. The van der Waals surface area contributed by atoms with Crippen LogP contribution in [0.2, 0.25) is 0 Å². The number of amidine groups is 1. The quantitative estimate of drug-likeness (QED) is 0.780. The summed E-state index contributed by atoms with van der Waals surface area (Å²) in [6.07, 6.45) is 1.71. The lowest BCUT2D eigenvalue weighted by Crippen LogP contribution is -2.29. The van der Waals surface area contributed by atoms with Crippen molar-refractivity contribution in [2.24, 2.45) is 10.7 Å². The maximum Gasteiger partial charge on any atom is 0.265 e. The number of nitrogens with zero attached hydrogens (tertiary/aromatic N) is 1. The molecule has 0 aliphatic carbocycles. The van der Waals surface area contributed by atoms with Gasteiger partial charge in [0.25, 0.3) is 5.91 Å². The highest BCUT2D eigenvalue weighted by Gasteiger charge is 2.32. The van der Waals surface area contributed by atoms with E-state index in [9.17, 15) is 17.6 Å². The predicted molar refractivity (Wildman–Crippen MR) is 108 cm³/mol. The summed E-state index contributed by atoms with van der Waals surface area (Å²) in [5, 5.41) is 3.09. The molecule has 0 saturated carbocycles. The lowest BCUT2D eigenvalue weighted by Gasteiger charge is -2.30. The molecule has 6 nitrogen and oxygen atoms in total. The standard InChI is InChI=1S/C17H18FN3O3S3/c1-17(7-8-25-16(19)21-17)11-9-10(3-4-12(11)18)20-15(22)13-5-6-14(26-13)27(2,23)24/h3-6,9H,7-8H2,1-2H3,(H2,19,21)(H,20,22)/t17-/m0/s1. The normalized spacial score (nSPS) is 20.2. The average molecular weight is 428 g/mol. The van der Waals surface area contributed by atoms with Gasteiger partial charge in [0.1, 0.15) is 10.0 Å². The second-order valence-electron chi connectivity index (χ2n) is 6.36. The minimum absolute atomic E-state index is 0.115. The van der Waals surface area contributed by atoms with Crippen molar-refractivity contribution in [1.82, 2.24) is 0 Å². The van der Waals surface area contributed by atoms with Crippen molar-refractivity contribution in [2.75, 3.05) is 17.3 Å². The first kappa shape index (κ1) is 19.8. The van der Waals surface area contributed by atoms with Crippen LogP contribution in [0.15, 0.2) is 39.5 Å². The van der Waals surface area contributed by atoms with E-state index in [1.807, 2.05) is 0 Å². The molecule has 1 atom stereocenters. The summed E-state index contributed by atoms with van der Waals surface area (Å²) in [4.78, 5) is 17.1. The van der Waals surface area contributed by atoms with E-state index in [4.69, 9.17) is 5.73 Å². The third kappa shape index (κ3) is 4.33. The van der Waals surface area contributed by atoms with Crippen LogP contribution in [0, 0.1) is 5.82 Å². The largest absolute Gasteiger partial charge is 0.379 e. The zero-order valence-corrected chi connectivity index (χ0v) is 17.1. The van der Waals surface area contributed by atoms with E-state index in [-0.39, 0.29) is 9.09 Å². The molecule has 10 heteroatoms. The Bertz CT molecular complexity index is 1030. The maximum absolute atomic E-state index is 14.4. The SMILES string of the molecule is C[C@@]1(c2cc(NC(=O)c3ccc(S(C)(=O)=O)s3)ccc2F)CCSC(N)=N1. The van der Waals surface area contributed by atoms with Gasteiger partial charge in [0.15, 0.2) is 15.0 Å². The summed E-state index contributed by atoms with van der Waals surface area (Å²) in [5.41, 5.74) is 5.76. The Morgan fingerprint density at radius 2 is 2.07 bits per heavy atom. The summed E-state index contributed by atoms with van der Waals surface area (Å²) < 4.78 is 37.7. The molecule has 27 heavy (non-hydrogen) atoms. The number of hydrogen-bond donors (Lipinski definition) is 2. The molecule has 0 saturated heterocycles. The van der Waals surface area contributed by atoms with E-state index in [1.54, 1.807) is 13.0 Å². The molecule has 3 rings (SSSR count). The van der Waals surface area contributed by atoms with Crippen molar-refractivity contribution >= 4 is 49.7 Å². The number of thioether (sulfide) groups is 1. The average Bonchev–Trinajstić information content (AvgIpc) is 3.07. The fourth-order valence-corrected chi connectivity index (χ4v) is 5.53. The van der Waals surface area contributed by atoms with Gasteiger partial charge in [0.05, 0.1) is 10.4 Å².